The zero-order valence-corrected chi connectivity index (χ0v) is 8.78. The van der Waals surface area contributed by atoms with Crippen LogP contribution >= 0.6 is 0 Å². The van der Waals surface area contributed by atoms with E-state index in [0.717, 1.165) is 0 Å². The number of rotatable bonds is 0. The molecule has 0 radical (unpaired) electrons. The maximum atomic E-state index is 2.36. The molecule has 1 saturated heterocycles. The third kappa shape index (κ3) is 13.0. The Morgan fingerprint density at radius 2 is 1.18 bits per heavy atom. The highest BCUT2D eigenvalue weighted by molar-refractivity contribution is 4.59. The van der Waals surface area contributed by atoms with Crippen molar-refractivity contribution >= 4 is 0 Å². The molecule has 0 bridgehead atoms. The molecule has 1 heteroatoms. The van der Waals surface area contributed by atoms with Crippen molar-refractivity contribution in [2.75, 3.05) is 20.1 Å². The van der Waals surface area contributed by atoms with Gasteiger partial charge in [-0.05, 0) is 38.4 Å². The maximum absolute atomic E-state index is 2.36. The lowest BCUT2D eigenvalue weighted by Crippen LogP contribution is -2.10. The summed E-state index contributed by atoms with van der Waals surface area (Å²) in [5.41, 5.74) is 0.500. The highest BCUT2D eigenvalue weighted by atomic mass is 15.1. The lowest BCUT2D eigenvalue weighted by Gasteiger charge is -2.05. The molecular formula is C10H23N. The van der Waals surface area contributed by atoms with Gasteiger partial charge in [0.05, 0.1) is 0 Å². The van der Waals surface area contributed by atoms with Gasteiger partial charge in [-0.15, -0.1) is 0 Å². The molecule has 1 rings (SSSR count). The molecule has 1 heterocycles. The fourth-order valence-electron chi connectivity index (χ4n) is 0.875. The molecule has 1 aliphatic rings. The van der Waals surface area contributed by atoms with Crippen LogP contribution in [0, 0.1) is 5.41 Å². The first-order valence-corrected chi connectivity index (χ1v) is 4.58. The summed E-state index contributed by atoms with van der Waals surface area (Å²) in [7, 11) is 2.17. The monoisotopic (exact) mass is 157 g/mol. The van der Waals surface area contributed by atoms with Crippen molar-refractivity contribution in [1.82, 2.24) is 4.90 Å². The summed E-state index contributed by atoms with van der Waals surface area (Å²) in [6.07, 6.45) is 2.83. The summed E-state index contributed by atoms with van der Waals surface area (Å²) < 4.78 is 0. The minimum Gasteiger partial charge on any atom is -0.306 e. The Balaban J connectivity index is 0.000000187. The fourth-order valence-corrected chi connectivity index (χ4v) is 0.875. The average Bonchev–Trinajstić information content (AvgIpc) is 2.12. The van der Waals surface area contributed by atoms with Crippen LogP contribution in [0.3, 0.4) is 0 Å². The second kappa shape index (κ2) is 4.76. The molecule has 1 fully saturated rings. The molecule has 0 aromatic rings. The minimum atomic E-state index is 0.500. The molecule has 0 saturated carbocycles. The first kappa shape index (κ1) is 11.0. The third-order valence-electron chi connectivity index (χ3n) is 1.33. The quantitative estimate of drug-likeness (QED) is 0.522. The van der Waals surface area contributed by atoms with Gasteiger partial charge >= 0.3 is 0 Å². The number of hydrogen-bond donors (Lipinski definition) is 0. The van der Waals surface area contributed by atoms with Crippen molar-refractivity contribution < 1.29 is 0 Å². The molecule has 0 N–H and O–H groups in total. The van der Waals surface area contributed by atoms with Crippen LogP contribution in [0.2, 0.25) is 0 Å². The summed E-state index contributed by atoms with van der Waals surface area (Å²) >= 11 is 0. The van der Waals surface area contributed by atoms with E-state index in [1.54, 1.807) is 0 Å². The van der Waals surface area contributed by atoms with E-state index < -0.39 is 0 Å². The first-order valence-electron chi connectivity index (χ1n) is 4.58. The van der Waals surface area contributed by atoms with Crippen LogP contribution in [0.25, 0.3) is 0 Å². The van der Waals surface area contributed by atoms with E-state index in [0.29, 0.717) is 5.41 Å². The summed E-state index contributed by atoms with van der Waals surface area (Å²) in [6, 6.07) is 0. The molecule has 0 aromatic carbocycles. The number of hydrogen-bond acceptors (Lipinski definition) is 1. The van der Waals surface area contributed by atoms with Gasteiger partial charge in [0.15, 0.2) is 0 Å². The summed E-state index contributed by atoms with van der Waals surface area (Å²) in [4.78, 5) is 2.36. The molecule has 0 unspecified atom stereocenters. The number of nitrogens with zero attached hydrogens (tertiary/aromatic N) is 1. The lowest BCUT2D eigenvalue weighted by molar-refractivity contribution is 0.418. The van der Waals surface area contributed by atoms with Gasteiger partial charge in [0, 0.05) is 0 Å². The Kier molecular flexibility index (Phi) is 4.74. The van der Waals surface area contributed by atoms with Crippen LogP contribution in [-0.2, 0) is 0 Å². The van der Waals surface area contributed by atoms with Crippen LogP contribution in [0.4, 0.5) is 0 Å². The molecule has 0 aliphatic carbocycles. The van der Waals surface area contributed by atoms with E-state index in [4.69, 9.17) is 0 Å². The van der Waals surface area contributed by atoms with Crippen molar-refractivity contribution in [2.45, 2.75) is 40.5 Å². The topological polar surface area (TPSA) is 3.24 Å². The van der Waals surface area contributed by atoms with E-state index >= 15 is 0 Å². The Morgan fingerprint density at radius 1 is 0.909 bits per heavy atom. The van der Waals surface area contributed by atoms with Crippen molar-refractivity contribution in [3.8, 4) is 0 Å². The minimum absolute atomic E-state index is 0.500. The Hall–Kier alpha value is -0.0400. The van der Waals surface area contributed by atoms with E-state index in [-0.39, 0.29) is 0 Å². The summed E-state index contributed by atoms with van der Waals surface area (Å²) in [6.45, 7) is 11.4. The largest absolute Gasteiger partial charge is 0.306 e. The molecule has 11 heavy (non-hydrogen) atoms. The van der Waals surface area contributed by atoms with Crippen LogP contribution in [0.5, 0.6) is 0 Å². The molecular weight excluding hydrogens is 134 g/mol. The van der Waals surface area contributed by atoms with Gasteiger partial charge < -0.3 is 4.90 Å². The summed E-state index contributed by atoms with van der Waals surface area (Å²) in [5, 5.41) is 0. The van der Waals surface area contributed by atoms with Crippen LogP contribution < -0.4 is 0 Å². The Labute approximate surface area is 71.8 Å². The molecule has 0 amide bonds. The van der Waals surface area contributed by atoms with Crippen molar-refractivity contribution in [3.05, 3.63) is 0 Å². The second-order valence-corrected chi connectivity index (χ2v) is 5.01. The zero-order valence-electron chi connectivity index (χ0n) is 8.78. The van der Waals surface area contributed by atoms with Crippen molar-refractivity contribution in [1.29, 1.82) is 0 Å². The molecule has 1 nitrogen and oxygen atoms in total. The van der Waals surface area contributed by atoms with E-state index in [9.17, 15) is 0 Å². The highest BCUT2D eigenvalue weighted by Crippen LogP contribution is 2.08. The van der Waals surface area contributed by atoms with Gasteiger partial charge in [-0.3, -0.25) is 0 Å². The normalized spacial score (nSPS) is 19.4. The smallest absolute Gasteiger partial charge is 0.00213 e. The van der Waals surface area contributed by atoms with Crippen molar-refractivity contribution in [2.24, 2.45) is 5.41 Å². The molecule has 0 aromatic heterocycles. The molecule has 1 aliphatic heterocycles. The molecule has 0 spiro atoms. The average molecular weight is 157 g/mol. The zero-order chi connectivity index (χ0) is 8.91. The van der Waals surface area contributed by atoms with Gasteiger partial charge in [0.1, 0.15) is 0 Å². The van der Waals surface area contributed by atoms with Gasteiger partial charge in [-0.2, -0.15) is 0 Å². The Bertz CT molecular complexity index is 79.5. The standard InChI is InChI=1S/C5H11N.C5H12/c1-6-4-2-3-5-6;1-5(2,3)4/h2-5H2,1H3;1-4H3. The van der Waals surface area contributed by atoms with Crippen LogP contribution in [-0.4, -0.2) is 25.0 Å². The lowest BCUT2D eigenvalue weighted by atomic mass is 10.0. The second-order valence-electron chi connectivity index (χ2n) is 5.01. The Morgan fingerprint density at radius 3 is 1.27 bits per heavy atom. The van der Waals surface area contributed by atoms with E-state index in [1.807, 2.05) is 0 Å². The molecule has 68 valence electrons. The van der Waals surface area contributed by atoms with E-state index in [2.05, 4.69) is 39.6 Å². The maximum Gasteiger partial charge on any atom is -0.00213 e. The van der Waals surface area contributed by atoms with Crippen LogP contribution in [0.1, 0.15) is 40.5 Å². The highest BCUT2D eigenvalue weighted by Gasteiger charge is 2.03. The van der Waals surface area contributed by atoms with E-state index in [1.165, 1.54) is 25.9 Å². The predicted molar refractivity (Wildman–Crippen MR) is 51.9 cm³/mol. The van der Waals surface area contributed by atoms with Gasteiger partial charge in [-0.25, -0.2) is 0 Å². The van der Waals surface area contributed by atoms with Crippen molar-refractivity contribution in [3.63, 3.8) is 0 Å². The first-order chi connectivity index (χ1) is 4.89. The van der Waals surface area contributed by atoms with Gasteiger partial charge in [0.2, 0.25) is 0 Å². The van der Waals surface area contributed by atoms with Gasteiger partial charge in [-0.1, -0.05) is 27.7 Å². The SMILES string of the molecule is CC(C)(C)C.CN1CCCC1. The fraction of sp³-hybridized carbons (Fsp3) is 1.00. The van der Waals surface area contributed by atoms with Crippen LogP contribution in [0.15, 0.2) is 0 Å². The van der Waals surface area contributed by atoms with Gasteiger partial charge in [0.25, 0.3) is 0 Å². The third-order valence-corrected chi connectivity index (χ3v) is 1.33. The number of likely N-dealkylation sites (tertiary alicyclic amines) is 1. The predicted octanol–water partition coefficient (Wildman–Crippen LogP) is 2.76. The molecule has 0 atom stereocenters. The summed E-state index contributed by atoms with van der Waals surface area (Å²) in [5.74, 6) is 0.